The molecule has 98 valence electrons. The summed E-state index contributed by atoms with van der Waals surface area (Å²) < 4.78 is 13.8. The van der Waals surface area contributed by atoms with E-state index in [4.69, 9.17) is 5.73 Å². The Labute approximate surface area is 106 Å². The molecule has 1 saturated heterocycles. The SMILES string of the molecule is CC1CCCN(C(=O)c2ccnc(N)c2F)CC1. The van der Waals surface area contributed by atoms with Crippen molar-refractivity contribution in [2.24, 2.45) is 5.92 Å². The molecule has 0 radical (unpaired) electrons. The van der Waals surface area contributed by atoms with Crippen molar-refractivity contribution in [2.45, 2.75) is 26.2 Å². The minimum absolute atomic E-state index is 0.0250. The average Bonchev–Trinajstić information content (AvgIpc) is 2.57. The van der Waals surface area contributed by atoms with Crippen LogP contribution in [-0.4, -0.2) is 28.9 Å². The maximum Gasteiger partial charge on any atom is 0.257 e. The molecule has 18 heavy (non-hydrogen) atoms. The zero-order valence-electron chi connectivity index (χ0n) is 10.5. The quantitative estimate of drug-likeness (QED) is 0.831. The van der Waals surface area contributed by atoms with Gasteiger partial charge in [-0.1, -0.05) is 6.92 Å². The van der Waals surface area contributed by atoms with Gasteiger partial charge < -0.3 is 10.6 Å². The Morgan fingerprint density at radius 3 is 3.06 bits per heavy atom. The number of carbonyl (C=O) groups is 1. The summed E-state index contributed by atoms with van der Waals surface area (Å²) in [5.74, 6) is -0.588. The van der Waals surface area contributed by atoms with Gasteiger partial charge in [-0.2, -0.15) is 0 Å². The molecule has 1 atom stereocenters. The first kappa shape index (κ1) is 12.8. The summed E-state index contributed by atoms with van der Waals surface area (Å²) >= 11 is 0. The standard InChI is InChI=1S/C13H18FN3O/c1-9-3-2-7-17(8-5-9)13(18)10-4-6-16-12(15)11(10)14/h4,6,9H,2-3,5,7-8H2,1H3,(H2,15,16). The Bertz CT molecular complexity index is 450. The molecule has 0 aliphatic carbocycles. The second-order valence-corrected chi connectivity index (χ2v) is 4.89. The summed E-state index contributed by atoms with van der Waals surface area (Å²) in [5.41, 5.74) is 5.41. The molecule has 0 saturated carbocycles. The molecule has 2 rings (SSSR count). The topological polar surface area (TPSA) is 59.2 Å². The molecule has 0 aromatic carbocycles. The summed E-state index contributed by atoms with van der Waals surface area (Å²) in [5, 5.41) is 0. The summed E-state index contributed by atoms with van der Waals surface area (Å²) in [6, 6.07) is 1.39. The Kier molecular flexibility index (Phi) is 3.79. The van der Waals surface area contributed by atoms with E-state index in [1.165, 1.54) is 12.3 Å². The first-order chi connectivity index (χ1) is 8.59. The maximum absolute atomic E-state index is 13.8. The Hall–Kier alpha value is -1.65. The minimum Gasteiger partial charge on any atom is -0.381 e. The molecule has 1 aliphatic heterocycles. The highest BCUT2D eigenvalue weighted by molar-refractivity contribution is 5.95. The summed E-state index contributed by atoms with van der Waals surface area (Å²) in [7, 11) is 0. The molecule has 5 heteroatoms. The van der Waals surface area contributed by atoms with Gasteiger partial charge in [0, 0.05) is 19.3 Å². The Morgan fingerprint density at radius 2 is 2.28 bits per heavy atom. The number of halogens is 1. The number of likely N-dealkylation sites (tertiary alicyclic amines) is 1. The Morgan fingerprint density at radius 1 is 1.50 bits per heavy atom. The van der Waals surface area contributed by atoms with Crippen LogP contribution in [-0.2, 0) is 0 Å². The number of nitrogens with zero attached hydrogens (tertiary/aromatic N) is 2. The number of nitrogen functional groups attached to an aromatic ring is 1. The van der Waals surface area contributed by atoms with E-state index in [0.29, 0.717) is 19.0 Å². The van der Waals surface area contributed by atoms with Crippen LogP contribution in [0.5, 0.6) is 0 Å². The van der Waals surface area contributed by atoms with Gasteiger partial charge >= 0.3 is 0 Å². The molecular weight excluding hydrogens is 233 g/mol. The van der Waals surface area contributed by atoms with Crippen LogP contribution in [0.2, 0.25) is 0 Å². The molecule has 0 bridgehead atoms. The van der Waals surface area contributed by atoms with Crippen LogP contribution in [0.1, 0.15) is 36.5 Å². The van der Waals surface area contributed by atoms with Gasteiger partial charge in [0.25, 0.3) is 5.91 Å². The summed E-state index contributed by atoms with van der Waals surface area (Å²) in [4.78, 5) is 17.6. The molecule has 1 fully saturated rings. The molecule has 2 heterocycles. The van der Waals surface area contributed by atoms with E-state index < -0.39 is 5.82 Å². The first-order valence-electron chi connectivity index (χ1n) is 6.29. The Balaban J connectivity index is 2.18. The monoisotopic (exact) mass is 251 g/mol. The van der Waals surface area contributed by atoms with Gasteiger partial charge in [-0.05, 0) is 31.2 Å². The molecule has 1 aromatic rings. The molecule has 1 unspecified atom stereocenters. The smallest absolute Gasteiger partial charge is 0.257 e. The molecule has 0 spiro atoms. The number of hydrogen-bond acceptors (Lipinski definition) is 3. The number of nitrogens with two attached hydrogens (primary N) is 1. The van der Waals surface area contributed by atoms with Crippen LogP contribution in [0, 0.1) is 11.7 Å². The highest BCUT2D eigenvalue weighted by atomic mass is 19.1. The predicted molar refractivity (Wildman–Crippen MR) is 67.5 cm³/mol. The normalized spacial score (nSPS) is 20.6. The lowest BCUT2D eigenvalue weighted by molar-refractivity contribution is 0.0755. The first-order valence-corrected chi connectivity index (χ1v) is 6.29. The van der Waals surface area contributed by atoms with E-state index in [2.05, 4.69) is 11.9 Å². The van der Waals surface area contributed by atoms with Gasteiger partial charge in [0.15, 0.2) is 11.6 Å². The van der Waals surface area contributed by atoms with Crippen molar-refractivity contribution >= 4 is 11.7 Å². The number of amides is 1. The van der Waals surface area contributed by atoms with Crippen molar-refractivity contribution in [3.8, 4) is 0 Å². The lowest BCUT2D eigenvalue weighted by Crippen LogP contribution is -2.32. The number of rotatable bonds is 1. The van der Waals surface area contributed by atoms with Crippen LogP contribution in [0.25, 0.3) is 0 Å². The summed E-state index contributed by atoms with van der Waals surface area (Å²) in [6.45, 7) is 3.55. The van der Waals surface area contributed by atoms with E-state index in [-0.39, 0.29) is 17.3 Å². The highest BCUT2D eigenvalue weighted by Gasteiger charge is 2.23. The third kappa shape index (κ3) is 2.60. The molecule has 4 nitrogen and oxygen atoms in total. The molecule has 1 amide bonds. The van der Waals surface area contributed by atoms with E-state index in [0.717, 1.165) is 19.3 Å². The zero-order valence-corrected chi connectivity index (χ0v) is 10.5. The largest absolute Gasteiger partial charge is 0.381 e. The summed E-state index contributed by atoms with van der Waals surface area (Å²) in [6.07, 6.45) is 4.42. The van der Waals surface area contributed by atoms with Crippen molar-refractivity contribution < 1.29 is 9.18 Å². The fourth-order valence-corrected chi connectivity index (χ4v) is 2.26. The van der Waals surface area contributed by atoms with Crippen molar-refractivity contribution in [3.05, 3.63) is 23.6 Å². The number of carbonyl (C=O) groups excluding carboxylic acids is 1. The van der Waals surface area contributed by atoms with Gasteiger partial charge in [-0.3, -0.25) is 4.79 Å². The van der Waals surface area contributed by atoms with Gasteiger partial charge in [0.1, 0.15) is 0 Å². The molecule has 1 aromatic heterocycles. The number of anilines is 1. The van der Waals surface area contributed by atoms with Crippen LogP contribution in [0.4, 0.5) is 10.2 Å². The van der Waals surface area contributed by atoms with E-state index >= 15 is 0 Å². The fourth-order valence-electron chi connectivity index (χ4n) is 2.26. The second kappa shape index (κ2) is 5.33. The highest BCUT2D eigenvalue weighted by Crippen LogP contribution is 2.20. The lowest BCUT2D eigenvalue weighted by atomic mass is 10.0. The van der Waals surface area contributed by atoms with Crippen molar-refractivity contribution in [1.29, 1.82) is 0 Å². The van der Waals surface area contributed by atoms with Crippen LogP contribution in [0.3, 0.4) is 0 Å². The molecule has 2 N–H and O–H groups in total. The predicted octanol–water partition coefficient (Wildman–Crippen LogP) is 2.07. The van der Waals surface area contributed by atoms with Crippen LogP contribution in [0.15, 0.2) is 12.3 Å². The van der Waals surface area contributed by atoms with E-state index in [1.54, 1.807) is 4.90 Å². The van der Waals surface area contributed by atoms with Gasteiger partial charge in [0.2, 0.25) is 0 Å². The third-order valence-electron chi connectivity index (χ3n) is 3.45. The fraction of sp³-hybridized carbons (Fsp3) is 0.538. The number of pyridine rings is 1. The van der Waals surface area contributed by atoms with E-state index in [9.17, 15) is 9.18 Å². The van der Waals surface area contributed by atoms with Crippen LogP contribution >= 0.6 is 0 Å². The third-order valence-corrected chi connectivity index (χ3v) is 3.45. The van der Waals surface area contributed by atoms with E-state index in [1.807, 2.05) is 0 Å². The number of aromatic nitrogens is 1. The van der Waals surface area contributed by atoms with Crippen molar-refractivity contribution in [2.75, 3.05) is 18.8 Å². The van der Waals surface area contributed by atoms with Crippen molar-refractivity contribution in [3.63, 3.8) is 0 Å². The van der Waals surface area contributed by atoms with Gasteiger partial charge in [0.05, 0.1) is 5.56 Å². The van der Waals surface area contributed by atoms with Crippen molar-refractivity contribution in [1.82, 2.24) is 9.88 Å². The average molecular weight is 251 g/mol. The molecule has 1 aliphatic rings. The molecular formula is C13H18FN3O. The minimum atomic E-state index is -0.709. The zero-order chi connectivity index (χ0) is 13.1. The van der Waals surface area contributed by atoms with Crippen LogP contribution < -0.4 is 5.73 Å². The number of hydrogen-bond donors (Lipinski definition) is 1. The second-order valence-electron chi connectivity index (χ2n) is 4.89. The lowest BCUT2D eigenvalue weighted by Gasteiger charge is -2.20. The maximum atomic E-state index is 13.8. The van der Waals surface area contributed by atoms with Gasteiger partial charge in [-0.25, -0.2) is 9.37 Å². The van der Waals surface area contributed by atoms with Gasteiger partial charge in [-0.15, -0.1) is 0 Å².